The molecule has 0 amide bonds. The highest BCUT2D eigenvalue weighted by molar-refractivity contribution is 9.10. The average Bonchev–Trinajstić information content (AvgIpc) is 2.53. The molecule has 0 aliphatic carbocycles. The molecule has 0 unspecified atom stereocenters. The number of nitrogens with zero attached hydrogens (tertiary/aromatic N) is 2. The van der Waals surface area contributed by atoms with Crippen molar-refractivity contribution in [3.05, 3.63) is 10.2 Å². The molecule has 1 atom stereocenters. The Hall–Kier alpha value is -1.04. The van der Waals surface area contributed by atoms with Crippen LogP contribution in [0.25, 0.3) is 0 Å². The third-order valence-electron chi connectivity index (χ3n) is 2.40. The summed E-state index contributed by atoms with van der Waals surface area (Å²) in [6.45, 7) is 4.84. The Balaban J connectivity index is 2.37. The summed E-state index contributed by atoms with van der Waals surface area (Å²) >= 11 is 3.26. The van der Waals surface area contributed by atoms with Crippen LogP contribution in [0, 0.1) is 0 Å². The van der Waals surface area contributed by atoms with E-state index in [-0.39, 0.29) is 6.10 Å². The first kappa shape index (κ1) is 11.4. The van der Waals surface area contributed by atoms with E-state index < -0.39 is 5.97 Å². The molecule has 2 rings (SSSR count). The fourth-order valence-corrected chi connectivity index (χ4v) is 2.14. The fourth-order valence-electron chi connectivity index (χ4n) is 1.62. The van der Waals surface area contributed by atoms with Gasteiger partial charge in [-0.1, -0.05) is 0 Å². The largest absolute Gasteiger partial charge is 0.474 e. The summed E-state index contributed by atoms with van der Waals surface area (Å²) in [4.78, 5) is 11.7. The van der Waals surface area contributed by atoms with Gasteiger partial charge in [-0.25, -0.2) is 9.48 Å². The number of hydrogen-bond donors (Lipinski definition) is 0. The number of aromatic nitrogens is 2. The minimum Gasteiger partial charge on any atom is -0.474 e. The minimum absolute atomic E-state index is 0.101. The zero-order valence-corrected chi connectivity index (χ0v) is 10.8. The van der Waals surface area contributed by atoms with Crippen molar-refractivity contribution in [3.8, 4) is 5.88 Å². The van der Waals surface area contributed by atoms with Crippen LogP contribution < -0.4 is 4.74 Å². The molecule has 1 aromatic rings. The van der Waals surface area contributed by atoms with Gasteiger partial charge in [0.2, 0.25) is 5.88 Å². The number of carbonyl (C=O) groups is 1. The van der Waals surface area contributed by atoms with Gasteiger partial charge in [0, 0.05) is 13.0 Å². The number of halogens is 1. The topological polar surface area (TPSA) is 53.3 Å². The molecule has 1 aliphatic heterocycles. The maximum Gasteiger partial charge on any atom is 0.346 e. The first-order chi connectivity index (χ1) is 7.63. The Morgan fingerprint density at radius 2 is 2.50 bits per heavy atom. The molecular weight excluding hydrogens is 276 g/mol. The highest BCUT2D eigenvalue weighted by atomic mass is 79.9. The first-order valence-electron chi connectivity index (χ1n) is 5.23. The number of rotatable bonds is 2. The van der Waals surface area contributed by atoms with Gasteiger partial charge in [0.15, 0.2) is 5.56 Å². The lowest BCUT2D eigenvalue weighted by Crippen LogP contribution is -2.24. The molecule has 0 N–H and O–H groups in total. The van der Waals surface area contributed by atoms with Crippen LogP contribution in [-0.4, -0.2) is 28.5 Å². The molecule has 0 saturated carbocycles. The van der Waals surface area contributed by atoms with E-state index in [0.717, 1.165) is 13.0 Å². The summed E-state index contributed by atoms with van der Waals surface area (Å²) < 4.78 is 12.8. The van der Waals surface area contributed by atoms with Crippen LogP contribution in [0.4, 0.5) is 0 Å². The minimum atomic E-state index is -0.398. The van der Waals surface area contributed by atoms with E-state index in [1.54, 1.807) is 11.6 Å². The molecule has 0 aromatic carbocycles. The van der Waals surface area contributed by atoms with Crippen molar-refractivity contribution in [1.29, 1.82) is 0 Å². The predicted octanol–water partition coefficient (Wildman–Crippen LogP) is 1.99. The Labute approximate surface area is 102 Å². The molecule has 1 aromatic heterocycles. The number of fused-ring (bicyclic) bond motifs is 1. The number of ether oxygens (including phenoxy) is 2. The SMILES string of the molecule is CCOC(=O)c1c(Br)nn2c1O[C@@H](C)CC2. The van der Waals surface area contributed by atoms with Crippen molar-refractivity contribution in [2.24, 2.45) is 0 Å². The summed E-state index contributed by atoms with van der Waals surface area (Å²) in [7, 11) is 0. The molecule has 5 nitrogen and oxygen atoms in total. The quantitative estimate of drug-likeness (QED) is 0.781. The molecule has 2 heterocycles. The van der Waals surface area contributed by atoms with E-state index in [1.807, 2.05) is 6.92 Å². The summed E-state index contributed by atoms with van der Waals surface area (Å²) in [5, 5.41) is 4.20. The van der Waals surface area contributed by atoms with Gasteiger partial charge in [-0.2, -0.15) is 5.10 Å². The van der Waals surface area contributed by atoms with Crippen LogP contribution >= 0.6 is 15.9 Å². The van der Waals surface area contributed by atoms with E-state index in [9.17, 15) is 4.79 Å². The lowest BCUT2D eigenvalue weighted by molar-refractivity contribution is 0.0513. The van der Waals surface area contributed by atoms with E-state index >= 15 is 0 Å². The second-order valence-electron chi connectivity index (χ2n) is 3.63. The molecule has 0 radical (unpaired) electrons. The highest BCUT2D eigenvalue weighted by Crippen LogP contribution is 2.31. The zero-order chi connectivity index (χ0) is 11.7. The summed E-state index contributed by atoms with van der Waals surface area (Å²) in [6.07, 6.45) is 0.993. The number of esters is 1. The van der Waals surface area contributed by atoms with Crippen LogP contribution in [0.15, 0.2) is 4.60 Å². The Morgan fingerprint density at radius 3 is 3.19 bits per heavy atom. The van der Waals surface area contributed by atoms with Gasteiger partial charge in [0.25, 0.3) is 0 Å². The fraction of sp³-hybridized carbons (Fsp3) is 0.600. The van der Waals surface area contributed by atoms with Crippen molar-refractivity contribution in [3.63, 3.8) is 0 Å². The Kier molecular flexibility index (Phi) is 3.18. The Bertz CT molecular complexity index is 416. The van der Waals surface area contributed by atoms with Gasteiger partial charge >= 0.3 is 5.97 Å². The molecule has 0 spiro atoms. The highest BCUT2D eigenvalue weighted by Gasteiger charge is 2.29. The zero-order valence-electron chi connectivity index (χ0n) is 9.20. The second kappa shape index (κ2) is 4.45. The van der Waals surface area contributed by atoms with Gasteiger partial charge in [-0.05, 0) is 29.8 Å². The predicted molar refractivity (Wildman–Crippen MR) is 60.6 cm³/mol. The molecule has 0 bridgehead atoms. The van der Waals surface area contributed by atoms with Gasteiger partial charge in [0.05, 0.1) is 12.7 Å². The molecule has 0 saturated heterocycles. The standard InChI is InChI=1S/C10H13BrN2O3/c1-3-15-10(14)7-8(11)12-13-5-4-6(2)16-9(7)13/h6H,3-5H2,1-2H3/t6-/m0/s1. The second-order valence-corrected chi connectivity index (χ2v) is 4.38. The van der Waals surface area contributed by atoms with Crippen molar-refractivity contribution in [2.45, 2.75) is 32.9 Å². The normalized spacial score (nSPS) is 18.8. The summed E-state index contributed by atoms with van der Waals surface area (Å²) in [5.41, 5.74) is 0.383. The number of hydrogen-bond acceptors (Lipinski definition) is 4. The maximum atomic E-state index is 11.7. The lowest BCUT2D eigenvalue weighted by atomic mass is 10.2. The molecule has 0 fully saturated rings. The molecule has 6 heteroatoms. The molecule has 88 valence electrons. The van der Waals surface area contributed by atoms with Gasteiger partial charge in [0.1, 0.15) is 4.60 Å². The van der Waals surface area contributed by atoms with E-state index in [0.29, 0.717) is 22.7 Å². The van der Waals surface area contributed by atoms with Crippen molar-refractivity contribution in [1.82, 2.24) is 9.78 Å². The first-order valence-corrected chi connectivity index (χ1v) is 6.02. The summed E-state index contributed by atoms with van der Waals surface area (Å²) in [5.74, 6) is 0.105. The van der Waals surface area contributed by atoms with Crippen LogP contribution in [0.5, 0.6) is 5.88 Å². The van der Waals surface area contributed by atoms with Crippen LogP contribution in [0.3, 0.4) is 0 Å². The van der Waals surface area contributed by atoms with Crippen molar-refractivity contribution < 1.29 is 14.3 Å². The monoisotopic (exact) mass is 288 g/mol. The van der Waals surface area contributed by atoms with Crippen LogP contribution in [-0.2, 0) is 11.3 Å². The molecular formula is C10H13BrN2O3. The summed E-state index contributed by atoms with van der Waals surface area (Å²) in [6, 6.07) is 0. The maximum absolute atomic E-state index is 11.7. The third kappa shape index (κ3) is 1.93. The molecule has 1 aliphatic rings. The van der Waals surface area contributed by atoms with Crippen LogP contribution in [0.1, 0.15) is 30.6 Å². The van der Waals surface area contributed by atoms with Crippen molar-refractivity contribution >= 4 is 21.9 Å². The van der Waals surface area contributed by atoms with E-state index in [2.05, 4.69) is 21.0 Å². The number of carbonyl (C=O) groups excluding carboxylic acids is 1. The molecule has 16 heavy (non-hydrogen) atoms. The van der Waals surface area contributed by atoms with Gasteiger partial charge < -0.3 is 9.47 Å². The third-order valence-corrected chi connectivity index (χ3v) is 2.96. The average molecular weight is 289 g/mol. The van der Waals surface area contributed by atoms with Crippen LogP contribution in [0.2, 0.25) is 0 Å². The van der Waals surface area contributed by atoms with E-state index in [4.69, 9.17) is 9.47 Å². The Morgan fingerprint density at radius 1 is 1.75 bits per heavy atom. The van der Waals surface area contributed by atoms with E-state index in [1.165, 1.54) is 0 Å². The van der Waals surface area contributed by atoms with Crippen molar-refractivity contribution in [2.75, 3.05) is 6.61 Å². The number of aryl methyl sites for hydroxylation is 1. The smallest absolute Gasteiger partial charge is 0.346 e. The lowest BCUT2D eigenvalue weighted by Gasteiger charge is -2.21. The van der Waals surface area contributed by atoms with Gasteiger partial charge in [-0.15, -0.1) is 0 Å². The van der Waals surface area contributed by atoms with Gasteiger partial charge in [-0.3, -0.25) is 0 Å².